The molecule has 2 nitrogen and oxygen atoms in total. The van der Waals surface area contributed by atoms with Gasteiger partial charge in [-0.25, -0.2) is 0 Å². The van der Waals surface area contributed by atoms with Gasteiger partial charge >= 0.3 is 6.18 Å². The minimum absolute atomic E-state index is 0.151. The summed E-state index contributed by atoms with van der Waals surface area (Å²) in [5, 5.41) is 2.91. The zero-order valence-corrected chi connectivity index (χ0v) is 11.8. The number of hydrogen-bond donors (Lipinski definition) is 1. The Kier molecular flexibility index (Phi) is 3.45. The monoisotopic (exact) mass is 323 g/mol. The molecule has 0 spiro atoms. The van der Waals surface area contributed by atoms with Crippen molar-refractivity contribution in [1.29, 1.82) is 0 Å². The second-order valence-electron chi connectivity index (χ2n) is 4.79. The molecule has 0 atom stereocenters. The zero-order valence-electron chi connectivity index (χ0n) is 11.0. The summed E-state index contributed by atoms with van der Waals surface area (Å²) in [4.78, 5) is 12.0. The van der Waals surface area contributed by atoms with Crippen LogP contribution in [0.15, 0.2) is 42.5 Å². The van der Waals surface area contributed by atoms with Gasteiger partial charge in [-0.3, -0.25) is 4.79 Å². The summed E-state index contributed by atoms with van der Waals surface area (Å²) in [6.45, 7) is 0. The van der Waals surface area contributed by atoms with Gasteiger partial charge in [0.2, 0.25) is 0 Å². The highest BCUT2D eigenvalue weighted by atomic mass is 35.5. The van der Waals surface area contributed by atoms with E-state index in [0.717, 1.165) is 12.1 Å². The van der Waals surface area contributed by atoms with E-state index < -0.39 is 17.6 Å². The average molecular weight is 324 g/mol. The molecule has 3 rings (SSSR count). The molecular weight excluding hydrogens is 315 g/mol. The van der Waals surface area contributed by atoms with Gasteiger partial charge in [-0.15, -0.1) is 0 Å². The van der Waals surface area contributed by atoms with Gasteiger partial charge in [-0.05, 0) is 29.8 Å². The first-order valence-corrected chi connectivity index (χ1v) is 6.73. The van der Waals surface area contributed by atoms with Gasteiger partial charge in [-0.2, -0.15) is 13.2 Å². The lowest BCUT2D eigenvalue weighted by Gasteiger charge is -2.08. The highest BCUT2D eigenvalue weighted by Crippen LogP contribution is 2.38. The third-order valence-corrected chi connectivity index (χ3v) is 3.68. The highest BCUT2D eigenvalue weighted by molar-refractivity contribution is 6.37. The first-order valence-electron chi connectivity index (χ1n) is 6.35. The number of fused-ring (bicyclic) bond motifs is 1. The van der Waals surface area contributed by atoms with Crippen molar-refractivity contribution < 1.29 is 18.0 Å². The molecule has 1 aliphatic heterocycles. The Balaban J connectivity index is 2.08. The number of alkyl halides is 3. The number of amides is 1. The Morgan fingerprint density at radius 3 is 2.50 bits per heavy atom. The summed E-state index contributed by atoms with van der Waals surface area (Å²) in [5.41, 5.74) is 0.695. The molecule has 6 heteroatoms. The molecule has 0 aliphatic carbocycles. The van der Waals surface area contributed by atoms with Gasteiger partial charge in [0.05, 0.1) is 5.56 Å². The number of halogens is 4. The van der Waals surface area contributed by atoms with E-state index in [1.807, 2.05) is 0 Å². The van der Waals surface area contributed by atoms with Crippen LogP contribution >= 0.6 is 11.6 Å². The van der Waals surface area contributed by atoms with E-state index in [1.54, 1.807) is 30.3 Å². The minimum Gasteiger partial charge on any atom is -0.321 e. The third-order valence-electron chi connectivity index (χ3n) is 3.33. The average Bonchev–Trinajstić information content (AvgIpc) is 2.76. The molecule has 0 saturated carbocycles. The Bertz CT molecular complexity index is 796. The van der Waals surface area contributed by atoms with Gasteiger partial charge in [0.1, 0.15) is 0 Å². The van der Waals surface area contributed by atoms with Crippen molar-refractivity contribution in [2.45, 2.75) is 6.18 Å². The first kappa shape index (κ1) is 14.7. The lowest BCUT2D eigenvalue weighted by atomic mass is 10.0. The van der Waals surface area contributed by atoms with E-state index in [1.165, 1.54) is 6.07 Å². The summed E-state index contributed by atoms with van der Waals surface area (Å²) in [5.74, 6) is -0.450. The van der Waals surface area contributed by atoms with Crippen LogP contribution in [0.25, 0.3) is 11.6 Å². The molecule has 2 aromatic carbocycles. The number of anilines is 1. The maximum absolute atomic E-state index is 12.7. The smallest absolute Gasteiger partial charge is 0.321 e. The molecule has 2 aromatic rings. The Hall–Kier alpha value is -2.27. The second kappa shape index (κ2) is 5.18. The summed E-state index contributed by atoms with van der Waals surface area (Å²) in [6.07, 6.45) is -2.88. The molecule has 0 bridgehead atoms. The SMILES string of the molecule is O=C1Nc2cc(C(F)(F)F)ccc2/C1=C\c1ccccc1Cl. The fourth-order valence-corrected chi connectivity index (χ4v) is 2.45. The van der Waals surface area contributed by atoms with Gasteiger partial charge in [0, 0.05) is 21.8 Å². The van der Waals surface area contributed by atoms with Crippen LogP contribution in [0.2, 0.25) is 5.02 Å². The number of rotatable bonds is 1. The van der Waals surface area contributed by atoms with Crippen LogP contribution in [-0.4, -0.2) is 5.91 Å². The first-order chi connectivity index (χ1) is 10.4. The molecule has 1 aliphatic rings. The van der Waals surface area contributed by atoms with Crippen LogP contribution in [0.5, 0.6) is 0 Å². The van der Waals surface area contributed by atoms with Crippen molar-refractivity contribution in [3.05, 3.63) is 64.2 Å². The predicted octanol–water partition coefficient (Wildman–Crippen LogP) is 4.85. The molecule has 22 heavy (non-hydrogen) atoms. The lowest BCUT2D eigenvalue weighted by Crippen LogP contribution is -2.06. The quantitative estimate of drug-likeness (QED) is 0.747. The Labute approximate surface area is 129 Å². The van der Waals surface area contributed by atoms with Gasteiger partial charge in [-0.1, -0.05) is 35.9 Å². The number of carbonyl (C=O) groups excluding carboxylic acids is 1. The normalized spacial score (nSPS) is 15.8. The van der Waals surface area contributed by atoms with E-state index in [2.05, 4.69) is 5.32 Å². The second-order valence-corrected chi connectivity index (χ2v) is 5.20. The maximum atomic E-state index is 12.7. The molecular formula is C16H9ClF3NO. The molecule has 1 heterocycles. The summed E-state index contributed by atoms with van der Waals surface area (Å²) < 4.78 is 38.1. The van der Waals surface area contributed by atoms with Gasteiger partial charge in [0.25, 0.3) is 5.91 Å². The van der Waals surface area contributed by atoms with Gasteiger partial charge < -0.3 is 5.32 Å². The van der Waals surface area contributed by atoms with E-state index in [0.29, 0.717) is 16.1 Å². The van der Waals surface area contributed by atoms with Crippen LogP contribution in [0, 0.1) is 0 Å². The minimum atomic E-state index is -4.45. The predicted molar refractivity (Wildman–Crippen MR) is 79.4 cm³/mol. The van der Waals surface area contributed by atoms with Crippen molar-refractivity contribution in [1.82, 2.24) is 0 Å². The van der Waals surface area contributed by atoms with E-state index >= 15 is 0 Å². The fourth-order valence-electron chi connectivity index (χ4n) is 2.26. The van der Waals surface area contributed by atoms with Crippen LogP contribution in [0.3, 0.4) is 0 Å². The molecule has 1 N–H and O–H groups in total. The van der Waals surface area contributed by atoms with Crippen LogP contribution in [-0.2, 0) is 11.0 Å². The summed E-state index contributed by atoms with van der Waals surface area (Å²) >= 11 is 6.04. The van der Waals surface area contributed by atoms with Crippen molar-refractivity contribution in [3.63, 3.8) is 0 Å². The molecule has 0 fully saturated rings. The fraction of sp³-hybridized carbons (Fsp3) is 0.0625. The number of hydrogen-bond acceptors (Lipinski definition) is 1. The molecule has 0 aromatic heterocycles. The van der Waals surface area contributed by atoms with Crippen LogP contribution < -0.4 is 5.32 Å². The summed E-state index contributed by atoms with van der Waals surface area (Å²) in [7, 11) is 0. The third kappa shape index (κ3) is 2.60. The zero-order chi connectivity index (χ0) is 15.9. The van der Waals surface area contributed by atoms with Crippen molar-refractivity contribution in [2.75, 3.05) is 5.32 Å². The number of benzene rings is 2. The highest BCUT2D eigenvalue weighted by Gasteiger charge is 2.33. The summed E-state index contributed by atoms with van der Waals surface area (Å²) in [6, 6.07) is 10.1. The maximum Gasteiger partial charge on any atom is 0.416 e. The molecule has 0 saturated heterocycles. The largest absolute Gasteiger partial charge is 0.416 e. The molecule has 1 amide bonds. The standard InChI is InChI=1S/C16H9ClF3NO/c17-13-4-2-1-3-9(13)7-12-11-6-5-10(16(18,19)20)8-14(11)21-15(12)22/h1-8H,(H,21,22)/b12-7+. The molecule has 0 radical (unpaired) electrons. The van der Waals surface area contributed by atoms with Crippen molar-refractivity contribution in [2.24, 2.45) is 0 Å². The van der Waals surface area contributed by atoms with Crippen LogP contribution in [0.1, 0.15) is 16.7 Å². The Morgan fingerprint density at radius 1 is 1.09 bits per heavy atom. The lowest BCUT2D eigenvalue weighted by molar-refractivity contribution is -0.137. The Morgan fingerprint density at radius 2 is 1.82 bits per heavy atom. The van der Waals surface area contributed by atoms with E-state index in [9.17, 15) is 18.0 Å². The van der Waals surface area contributed by atoms with Gasteiger partial charge in [0.15, 0.2) is 0 Å². The number of nitrogens with one attached hydrogen (secondary N) is 1. The van der Waals surface area contributed by atoms with Crippen molar-refractivity contribution >= 4 is 34.8 Å². The number of carbonyl (C=O) groups is 1. The molecule has 112 valence electrons. The topological polar surface area (TPSA) is 29.1 Å². The van der Waals surface area contributed by atoms with Crippen molar-refractivity contribution in [3.8, 4) is 0 Å². The van der Waals surface area contributed by atoms with Crippen LogP contribution in [0.4, 0.5) is 18.9 Å². The van der Waals surface area contributed by atoms with E-state index in [-0.39, 0.29) is 11.3 Å². The van der Waals surface area contributed by atoms with E-state index in [4.69, 9.17) is 11.6 Å². The molecule has 0 unspecified atom stereocenters.